The second kappa shape index (κ2) is 7.89. The van der Waals surface area contributed by atoms with Gasteiger partial charge in [-0.2, -0.15) is 0 Å². The van der Waals surface area contributed by atoms with Crippen LogP contribution >= 0.6 is 15.9 Å². The zero-order chi connectivity index (χ0) is 19.4. The summed E-state index contributed by atoms with van der Waals surface area (Å²) in [6.45, 7) is 1.83. The van der Waals surface area contributed by atoms with Crippen molar-refractivity contribution in [1.29, 1.82) is 0 Å². The van der Waals surface area contributed by atoms with E-state index in [1.807, 2.05) is 13.0 Å². The summed E-state index contributed by atoms with van der Waals surface area (Å²) in [6, 6.07) is 16.2. The number of hydrogen-bond acceptors (Lipinski definition) is 4. The number of rotatable bonds is 5. The predicted octanol–water partition coefficient (Wildman–Crippen LogP) is 4.21. The maximum absolute atomic E-state index is 12.6. The number of amides is 1. The number of sulfonamides is 1. The Hall–Kier alpha value is -2.71. The summed E-state index contributed by atoms with van der Waals surface area (Å²) in [5, 5.41) is 2.69. The number of benzene rings is 2. The molecular weight excluding hydrogens is 430 g/mol. The average molecular weight is 446 g/mol. The van der Waals surface area contributed by atoms with Crippen molar-refractivity contribution in [2.24, 2.45) is 0 Å². The molecule has 0 fully saturated rings. The SMILES string of the molecule is Cc1cccnc1NC(=O)c1cccc(S(=O)(=O)Nc2ccc(Br)cc2)c1. The van der Waals surface area contributed by atoms with E-state index in [0.29, 0.717) is 11.5 Å². The molecule has 1 heterocycles. The Morgan fingerprint density at radius 2 is 1.78 bits per heavy atom. The molecule has 1 aromatic heterocycles. The molecule has 3 aromatic rings. The molecule has 1 amide bonds. The fourth-order valence-corrected chi connectivity index (χ4v) is 3.70. The van der Waals surface area contributed by atoms with E-state index in [4.69, 9.17) is 0 Å². The van der Waals surface area contributed by atoms with Crippen LogP contribution in [0.15, 0.2) is 76.2 Å². The third-order valence-corrected chi connectivity index (χ3v) is 5.65. The summed E-state index contributed by atoms with van der Waals surface area (Å²) in [7, 11) is -3.82. The molecule has 0 bridgehead atoms. The van der Waals surface area contributed by atoms with Crippen molar-refractivity contribution in [3.05, 3.63) is 82.5 Å². The van der Waals surface area contributed by atoms with Gasteiger partial charge in [-0.05, 0) is 61.0 Å². The van der Waals surface area contributed by atoms with E-state index in [1.54, 1.807) is 42.6 Å². The van der Waals surface area contributed by atoms with E-state index < -0.39 is 15.9 Å². The lowest BCUT2D eigenvalue weighted by atomic mass is 10.2. The lowest BCUT2D eigenvalue weighted by molar-refractivity contribution is 0.102. The van der Waals surface area contributed by atoms with E-state index in [-0.39, 0.29) is 10.5 Å². The Morgan fingerprint density at radius 3 is 2.48 bits per heavy atom. The first kappa shape index (κ1) is 19.1. The van der Waals surface area contributed by atoms with Crippen molar-refractivity contribution in [2.45, 2.75) is 11.8 Å². The molecule has 2 N–H and O–H groups in total. The van der Waals surface area contributed by atoms with Crippen molar-refractivity contribution in [3.8, 4) is 0 Å². The molecule has 8 heteroatoms. The summed E-state index contributed by atoms with van der Waals surface area (Å²) in [6.07, 6.45) is 1.58. The fraction of sp³-hybridized carbons (Fsp3) is 0.0526. The number of aromatic nitrogens is 1. The normalized spacial score (nSPS) is 11.0. The monoisotopic (exact) mass is 445 g/mol. The topological polar surface area (TPSA) is 88.2 Å². The molecule has 0 saturated heterocycles. The lowest BCUT2D eigenvalue weighted by Crippen LogP contribution is -2.16. The van der Waals surface area contributed by atoms with Gasteiger partial charge >= 0.3 is 0 Å². The van der Waals surface area contributed by atoms with Gasteiger partial charge in [-0.3, -0.25) is 9.52 Å². The van der Waals surface area contributed by atoms with Gasteiger partial charge in [0, 0.05) is 21.9 Å². The van der Waals surface area contributed by atoms with Crippen LogP contribution in [-0.4, -0.2) is 19.3 Å². The van der Waals surface area contributed by atoms with Gasteiger partial charge in [-0.25, -0.2) is 13.4 Å². The summed E-state index contributed by atoms with van der Waals surface area (Å²) < 4.78 is 28.5. The van der Waals surface area contributed by atoms with Crippen LogP contribution in [-0.2, 0) is 10.0 Å². The summed E-state index contributed by atoms with van der Waals surface area (Å²) in [4.78, 5) is 16.6. The van der Waals surface area contributed by atoms with Gasteiger partial charge in [-0.15, -0.1) is 0 Å². The Bertz CT molecular complexity index is 1080. The minimum Gasteiger partial charge on any atom is -0.306 e. The highest BCUT2D eigenvalue weighted by atomic mass is 79.9. The first-order valence-corrected chi connectivity index (χ1v) is 10.2. The molecule has 27 heavy (non-hydrogen) atoms. The number of nitrogens with zero attached hydrogens (tertiary/aromatic N) is 1. The Balaban J connectivity index is 1.83. The van der Waals surface area contributed by atoms with Crippen LogP contribution in [0, 0.1) is 6.92 Å². The van der Waals surface area contributed by atoms with Crippen LogP contribution in [0.1, 0.15) is 15.9 Å². The van der Waals surface area contributed by atoms with Gasteiger partial charge in [0.1, 0.15) is 5.82 Å². The van der Waals surface area contributed by atoms with Crippen molar-refractivity contribution in [2.75, 3.05) is 10.0 Å². The summed E-state index contributed by atoms with van der Waals surface area (Å²) in [5.41, 5.74) is 1.46. The zero-order valence-corrected chi connectivity index (χ0v) is 16.7. The molecule has 0 aliphatic rings. The van der Waals surface area contributed by atoms with Crippen LogP contribution in [0.3, 0.4) is 0 Å². The van der Waals surface area contributed by atoms with Crippen LogP contribution in [0.4, 0.5) is 11.5 Å². The van der Waals surface area contributed by atoms with E-state index in [2.05, 4.69) is 31.0 Å². The van der Waals surface area contributed by atoms with Gasteiger partial charge in [0.15, 0.2) is 0 Å². The maximum Gasteiger partial charge on any atom is 0.261 e. The molecular formula is C19H16BrN3O3S. The minimum atomic E-state index is -3.82. The highest BCUT2D eigenvalue weighted by Gasteiger charge is 2.17. The number of aryl methyl sites for hydroxylation is 1. The second-order valence-electron chi connectivity index (χ2n) is 5.76. The number of pyridine rings is 1. The number of nitrogens with one attached hydrogen (secondary N) is 2. The number of halogens is 1. The highest BCUT2D eigenvalue weighted by Crippen LogP contribution is 2.20. The van der Waals surface area contributed by atoms with Crippen molar-refractivity contribution in [1.82, 2.24) is 4.98 Å². The van der Waals surface area contributed by atoms with E-state index in [1.165, 1.54) is 18.2 Å². The molecule has 0 aliphatic carbocycles. The Morgan fingerprint density at radius 1 is 1.04 bits per heavy atom. The van der Waals surface area contributed by atoms with Crippen LogP contribution in [0.2, 0.25) is 0 Å². The lowest BCUT2D eigenvalue weighted by Gasteiger charge is -2.10. The molecule has 0 spiro atoms. The van der Waals surface area contributed by atoms with Gasteiger partial charge < -0.3 is 5.32 Å². The third kappa shape index (κ3) is 4.72. The largest absolute Gasteiger partial charge is 0.306 e. The zero-order valence-electron chi connectivity index (χ0n) is 14.3. The number of carbonyl (C=O) groups is 1. The molecule has 0 atom stereocenters. The van der Waals surface area contributed by atoms with Crippen LogP contribution in [0.5, 0.6) is 0 Å². The fourth-order valence-electron chi connectivity index (χ4n) is 2.33. The summed E-state index contributed by atoms with van der Waals surface area (Å²) >= 11 is 3.30. The van der Waals surface area contributed by atoms with Gasteiger partial charge in [0.05, 0.1) is 4.90 Å². The molecule has 138 valence electrons. The van der Waals surface area contributed by atoms with Crippen molar-refractivity contribution in [3.63, 3.8) is 0 Å². The molecule has 3 rings (SSSR count). The first-order valence-electron chi connectivity index (χ1n) is 7.96. The third-order valence-electron chi connectivity index (χ3n) is 3.74. The Labute approximate surface area is 165 Å². The predicted molar refractivity (Wildman–Crippen MR) is 108 cm³/mol. The van der Waals surface area contributed by atoms with Crippen LogP contribution < -0.4 is 10.0 Å². The quantitative estimate of drug-likeness (QED) is 0.615. The smallest absolute Gasteiger partial charge is 0.261 e. The molecule has 0 unspecified atom stereocenters. The number of hydrogen-bond donors (Lipinski definition) is 2. The standard InChI is InChI=1S/C19H16BrN3O3S/c1-13-4-3-11-21-18(13)22-19(24)14-5-2-6-17(12-14)27(25,26)23-16-9-7-15(20)8-10-16/h2-12,23H,1H3,(H,21,22,24). The second-order valence-corrected chi connectivity index (χ2v) is 8.36. The first-order chi connectivity index (χ1) is 12.8. The molecule has 2 aromatic carbocycles. The number of carbonyl (C=O) groups excluding carboxylic acids is 1. The molecule has 6 nitrogen and oxygen atoms in total. The van der Waals surface area contributed by atoms with Crippen molar-refractivity contribution >= 4 is 43.4 Å². The Kier molecular flexibility index (Phi) is 5.57. The maximum atomic E-state index is 12.6. The van der Waals surface area contributed by atoms with Crippen molar-refractivity contribution < 1.29 is 13.2 Å². The van der Waals surface area contributed by atoms with E-state index in [9.17, 15) is 13.2 Å². The van der Waals surface area contributed by atoms with E-state index >= 15 is 0 Å². The molecule has 0 saturated carbocycles. The van der Waals surface area contributed by atoms with E-state index in [0.717, 1.165) is 10.0 Å². The molecule has 0 aliphatic heterocycles. The van der Waals surface area contributed by atoms with Gasteiger partial charge in [0.25, 0.3) is 15.9 Å². The average Bonchev–Trinajstić information content (AvgIpc) is 2.65. The number of anilines is 2. The highest BCUT2D eigenvalue weighted by molar-refractivity contribution is 9.10. The van der Waals surface area contributed by atoms with Crippen LogP contribution in [0.25, 0.3) is 0 Å². The molecule has 0 radical (unpaired) electrons. The van der Waals surface area contributed by atoms with Gasteiger partial charge in [0.2, 0.25) is 0 Å². The van der Waals surface area contributed by atoms with Gasteiger partial charge in [-0.1, -0.05) is 28.1 Å². The summed E-state index contributed by atoms with van der Waals surface area (Å²) in [5.74, 6) is 0.00115. The minimum absolute atomic E-state index is 0.00388.